The van der Waals surface area contributed by atoms with E-state index in [9.17, 15) is 9.50 Å². The van der Waals surface area contributed by atoms with E-state index in [0.29, 0.717) is 26.8 Å². The van der Waals surface area contributed by atoms with E-state index in [1.165, 1.54) is 12.1 Å². The molecule has 0 aliphatic heterocycles. The Morgan fingerprint density at radius 1 is 0.929 bits per heavy atom. The van der Waals surface area contributed by atoms with Gasteiger partial charge in [0.1, 0.15) is 17.1 Å². The number of fused-ring (bicyclic) bond motifs is 1. The van der Waals surface area contributed by atoms with E-state index in [2.05, 4.69) is 10.3 Å². The van der Waals surface area contributed by atoms with E-state index in [4.69, 9.17) is 23.2 Å². The lowest BCUT2D eigenvalue weighted by atomic mass is 9.96. The largest absolute Gasteiger partial charge is 0.505 e. The van der Waals surface area contributed by atoms with Crippen LogP contribution in [-0.4, -0.2) is 10.1 Å². The summed E-state index contributed by atoms with van der Waals surface area (Å²) in [4.78, 5) is 4.29. The second kappa shape index (κ2) is 7.66. The summed E-state index contributed by atoms with van der Waals surface area (Å²) in [5, 5.41) is 16.0. The molecule has 140 valence electrons. The minimum atomic E-state index is -0.471. The van der Waals surface area contributed by atoms with Crippen molar-refractivity contribution in [3.8, 4) is 5.75 Å². The van der Waals surface area contributed by atoms with Crippen LogP contribution in [0, 0.1) is 5.82 Å². The number of rotatable bonds is 4. The van der Waals surface area contributed by atoms with Crippen LogP contribution in [0.15, 0.2) is 72.9 Å². The van der Waals surface area contributed by atoms with Crippen LogP contribution in [0.1, 0.15) is 17.2 Å². The Bertz CT molecular complexity index is 1130. The average Bonchev–Trinajstić information content (AvgIpc) is 2.67. The summed E-state index contributed by atoms with van der Waals surface area (Å²) in [5.41, 5.74) is 2.54. The maximum atomic E-state index is 13.5. The fourth-order valence-electron chi connectivity index (χ4n) is 3.18. The molecule has 0 amide bonds. The van der Waals surface area contributed by atoms with Gasteiger partial charge < -0.3 is 10.4 Å². The first kappa shape index (κ1) is 18.5. The lowest BCUT2D eigenvalue weighted by Gasteiger charge is -2.23. The number of pyridine rings is 1. The van der Waals surface area contributed by atoms with Crippen molar-refractivity contribution in [2.45, 2.75) is 6.04 Å². The highest BCUT2D eigenvalue weighted by atomic mass is 35.5. The first-order valence-corrected chi connectivity index (χ1v) is 9.31. The molecule has 28 heavy (non-hydrogen) atoms. The molecule has 0 saturated heterocycles. The molecule has 1 heterocycles. The molecular weight excluding hydrogens is 398 g/mol. The number of aromatic nitrogens is 1. The van der Waals surface area contributed by atoms with Gasteiger partial charge in [0.15, 0.2) is 0 Å². The van der Waals surface area contributed by atoms with Crippen molar-refractivity contribution in [3.63, 3.8) is 0 Å². The van der Waals surface area contributed by atoms with Gasteiger partial charge in [0, 0.05) is 32.9 Å². The van der Waals surface area contributed by atoms with Crippen LogP contribution in [0.2, 0.25) is 10.0 Å². The molecule has 4 rings (SSSR count). The molecule has 6 heteroatoms. The van der Waals surface area contributed by atoms with Crippen molar-refractivity contribution in [2.75, 3.05) is 5.32 Å². The number of halogens is 3. The zero-order valence-corrected chi connectivity index (χ0v) is 16.0. The third-order valence-corrected chi connectivity index (χ3v) is 4.90. The smallest absolute Gasteiger partial charge is 0.147 e. The monoisotopic (exact) mass is 412 g/mol. The molecule has 0 aliphatic rings. The second-order valence-corrected chi connectivity index (χ2v) is 7.24. The zero-order chi connectivity index (χ0) is 19.7. The highest BCUT2D eigenvalue weighted by Crippen LogP contribution is 2.37. The van der Waals surface area contributed by atoms with Gasteiger partial charge >= 0.3 is 0 Å². The topological polar surface area (TPSA) is 45.1 Å². The predicted molar refractivity (Wildman–Crippen MR) is 112 cm³/mol. The number of phenols is 1. The van der Waals surface area contributed by atoms with Gasteiger partial charge in [-0.3, -0.25) is 4.98 Å². The van der Waals surface area contributed by atoms with Crippen LogP contribution in [0.3, 0.4) is 0 Å². The molecule has 3 nitrogen and oxygen atoms in total. The number of aromatic hydroxyl groups is 1. The van der Waals surface area contributed by atoms with E-state index in [-0.39, 0.29) is 11.6 Å². The average molecular weight is 413 g/mol. The minimum Gasteiger partial charge on any atom is -0.505 e. The molecule has 4 aromatic rings. The number of nitrogens with one attached hydrogen (secondary N) is 1. The van der Waals surface area contributed by atoms with Gasteiger partial charge in [-0.2, -0.15) is 0 Å². The number of nitrogens with zero attached hydrogens (tertiary/aromatic N) is 1. The zero-order valence-electron chi connectivity index (χ0n) is 14.5. The third-order valence-electron chi connectivity index (χ3n) is 4.47. The first-order chi connectivity index (χ1) is 13.5. The Hall–Kier alpha value is -2.82. The minimum absolute atomic E-state index is 0.0630. The second-order valence-electron chi connectivity index (χ2n) is 6.37. The van der Waals surface area contributed by atoms with Crippen LogP contribution in [0.4, 0.5) is 10.1 Å². The number of hydrogen-bond donors (Lipinski definition) is 2. The van der Waals surface area contributed by atoms with Crippen molar-refractivity contribution in [2.24, 2.45) is 0 Å². The summed E-state index contributed by atoms with van der Waals surface area (Å²) < 4.78 is 13.5. The van der Waals surface area contributed by atoms with Crippen molar-refractivity contribution < 1.29 is 9.50 Å². The van der Waals surface area contributed by atoms with Gasteiger partial charge in [-0.25, -0.2) is 4.39 Å². The molecule has 0 radical (unpaired) electrons. The standard InChI is InChI=1S/C22H15Cl2FN2O/c23-15-10-16(24)12-18(11-15)27-20(14-3-6-17(25)7-4-14)19-8-5-13-2-1-9-26-21(13)22(19)28/h1-12,20,27-28H. The number of phenolic OH excluding ortho intramolecular Hbond substituents is 1. The Morgan fingerprint density at radius 2 is 1.64 bits per heavy atom. The third kappa shape index (κ3) is 3.75. The van der Waals surface area contributed by atoms with Gasteiger partial charge in [-0.05, 0) is 42.0 Å². The van der Waals surface area contributed by atoms with Gasteiger partial charge in [0.25, 0.3) is 0 Å². The maximum absolute atomic E-state index is 13.5. The van der Waals surface area contributed by atoms with E-state index >= 15 is 0 Å². The van der Waals surface area contributed by atoms with E-state index in [0.717, 1.165) is 10.9 Å². The molecule has 1 aromatic heterocycles. The number of hydrogen-bond acceptors (Lipinski definition) is 3. The van der Waals surface area contributed by atoms with Gasteiger partial charge in [0.2, 0.25) is 0 Å². The van der Waals surface area contributed by atoms with Crippen molar-refractivity contribution in [1.82, 2.24) is 4.98 Å². The molecule has 3 aromatic carbocycles. The summed E-state index contributed by atoms with van der Waals surface area (Å²) in [6, 6.07) is 18.1. The van der Waals surface area contributed by atoms with Crippen LogP contribution < -0.4 is 5.32 Å². The van der Waals surface area contributed by atoms with Crippen LogP contribution in [-0.2, 0) is 0 Å². The molecule has 1 atom stereocenters. The Labute approximate surface area is 171 Å². The highest BCUT2D eigenvalue weighted by Gasteiger charge is 2.20. The summed E-state index contributed by atoms with van der Waals surface area (Å²) in [7, 11) is 0. The summed E-state index contributed by atoms with van der Waals surface area (Å²) in [6.45, 7) is 0. The number of anilines is 1. The summed E-state index contributed by atoms with van der Waals surface area (Å²) >= 11 is 12.2. The fraction of sp³-hybridized carbons (Fsp3) is 0.0455. The number of benzene rings is 3. The van der Waals surface area contributed by atoms with Crippen LogP contribution >= 0.6 is 23.2 Å². The summed E-state index contributed by atoms with van der Waals surface area (Å²) in [6.07, 6.45) is 1.63. The van der Waals surface area contributed by atoms with Gasteiger partial charge in [-0.1, -0.05) is 53.5 Å². The molecule has 0 aliphatic carbocycles. The fourth-order valence-corrected chi connectivity index (χ4v) is 3.70. The summed E-state index contributed by atoms with van der Waals surface area (Å²) in [5.74, 6) is -0.272. The lowest BCUT2D eigenvalue weighted by Crippen LogP contribution is -2.13. The lowest BCUT2D eigenvalue weighted by molar-refractivity contribution is 0.471. The molecule has 0 spiro atoms. The highest BCUT2D eigenvalue weighted by molar-refractivity contribution is 6.35. The van der Waals surface area contributed by atoms with Gasteiger partial charge in [-0.15, -0.1) is 0 Å². The quantitative estimate of drug-likeness (QED) is 0.397. The van der Waals surface area contributed by atoms with Gasteiger partial charge in [0.05, 0.1) is 6.04 Å². The van der Waals surface area contributed by atoms with E-state index < -0.39 is 6.04 Å². The van der Waals surface area contributed by atoms with Crippen molar-refractivity contribution in [3.05, 3.63) is 99.9 Å². The molecule has 0 bridgehead atoms. The van der Waals surface area contributed by atoms with E-state index in [1.54, 1.807) is 36.5 Å². The Kier molecular flexibility index (Phi) is 5.07. The Morgan fingerprint density at radius 3 is 2.36 bits per heavy atom. The Balaban J connectivity index is 1.85. The SMILES string of the molecule is Oc1c(C(Nc2cc(Cl)cc(Cl)c2)c2ccc(F)cc2)ccc2cccnc12. The maximum Gasteiger partial charge on any atom is 0.147 e. The van der Waals surface area contributed by atoms with Crippen molar-refractivity contribution in [1.29, 1.82) is 0 Å². The van der Waals surface area contributed by atoms with Crippen LogP contribution in [0.25, 0.3) is 10.9 Å². The predicted octanol–water partition coefficient (Wildman–Crippen LogP) is 6.59. The molecule has 0 saturated carbocycles. The molecule has 0 fully saturated rings. The molecule has 1 unspecified atom stereocenters. The first-order valence-electron chi connectivity index (χ1n) is 8.56. The molecular formula is C22H15Cl2FN2O. The normalized spacial score (nSPS) is 12.1. The van der Waals surface area contributed by atoms with Crippen LogP contribution in [0.5, 0.6) is 5.75 Å². The van der Waals surface area contributed by atoms with Crippen molar-refractivity contribution >= 4 is 39.8 Å². The van der Waals surface area contributed by atoms with E-state index in [1.807, 2.05) is 24.3 Å². The molecule has 2 N–H and O–H groups in total.